The van der Waals surface area contributed by atoms with Gasteiger partial charge >= 0.3 is 0 Å². The largest absolute Gasteiger partial charge is 0.506 e. The molecule has 100 valence electrons. The van der Waals surface area contributed by atoms with Crippen LogP contribution in [-0.4, -0.2) is 28.3 Å². The summed E-state index contributed by atoms with van der Waals surface area (Å²) in [6.45, 7) is 1.79. The van der Waals surface area contributed by atoms with E-state index in [-0.39, 0.29) is 17.8 Å². The first-order valence-electron chi connectivity index (χ1n) is 6.70. The molecule has 0 bridgehead atoms. The highest BCUT2D eigenvalue weighted by molar-refractivity contribution is 5.17. The third kappa shape index (κ3) is 3.43. The summed E-state index contributed by atoms with van der Waals surface area (Å²) in [6.07, 6.45) is 7.42. The molecule has 0 radical (unpaired) electrons. The SMILES string of the molecule is OCC1(CNCc2ccc(O)cn2)CCCCC1. The fourth-order valence-electron chi connectivity index (χ4n) is 2.67. The molecular weight excluding hydrogens is 228 g/mol. The van der Waals surface area contributed by atoms with Gasteiger partial charge in [0.15, 0.2) is 0 Å². The Morgan fingerprint density at radius 3 is 2.61 bits per heavy atom. The van der Waals surface area contributed by atoms with Gasteiger partial charge in [0.1, 0.15) is 5.75 Å². The minimum Gasteiger partial charge on any atom is -0.506 e. The van der Waals surface area contributed by atoms with Crippen molar-refractivity contribution >= 4 is 0 Å². The summed E-state index contributed by atoms with van der Waals surface area (Å²) in [7, 11) is 0. The van der Waals surface area contributed by atoms with Crippen LogP contribution in [0.1, 0.15) is 37.8 Å². The number of aliphatic hydroxyl groups excluding tert-OH is 1. The highest BCUT2D eigenvalue weighted by Gasteiger charge is 2.30. The molecule has 0 amide bonds. The molecule has 4 heteroatoms. The van der Waals surface area contributed by atoms with Crippen molar-refractivity contribution in [2.75, 3.05) is 13.2 Å². The summed E-state index contributed by atoms with van der Waals surface area (Å²) in [6, 6.07) is 3.46. The van der Waals surface area contributed by atoms with Crippen molar-refractivity contribution in [2.24, 2.45) is 5.41 Å². The van der Waals surface area contributed by atoms with Crippen molar-refractivity contribution in [3.05, 3.63) is 24.0 Å². The van der Waals surface area contributed by atoms with Crippen LogP contribution in [0.3, 0.4) is 0 Å². The maximum Gasteiger partial charge on any atom is 0.133 e. The van der Waals surface area contributed by atoms with Crippen LogP contribution in [0.2, 0.25) is 0 Å². The minimum absolute atomic E-state index is 0.0647. The predicted octanol–water partition coefficient (Wildman–Crippen LogP) is 1.82. The second-order valence-electron chi connectivity index (χ2n) is 5.33. The van der Waals surface area contributed by atoms with Crippen molar-refractivity contribution < 1.29 is 10.2 Å². The van der Waals surface area contributed by atoms with Gasteiger partial charge in [0, 0.05) is 25.1 Å². The summed E-state index contributed by atoms with van der Waals surface area (Å²) in [5, 5.41) is 22.1. The molecule has 0 atom stereocenters. The number of rotatable bonds is 5. The molecular formula is C14H22N2O2. The molecule has 0 unspecified atom stereocenters. The fraction of sp³-hybridized carbons (Fsp3) is 0.643. The van der Waals surface area contributed by atoms with Gasteiger partial charge in [-0.3, -0.25) is 4.98 Å². The number of pyridine rings is 1. The maximum absolute atomic E-state index is 9.59. The molecule has 0 spiro atoms. The number of nitrogens with zero attached hydrogens (tertiary/aromatic N) is 1. The standard InChI is InChI=1S/C14H22N2O2/c17-11-14(6-2-1-3-7-14)10-15-8-12-4-5-13(18)9-16-12/h4-5,9,15,17-18H,1-3,6-8,10-11H2. The summed E-state index contributed by atoms with van der Waals surface area (Å²) < 4.78 is 0. The molecule has 1 heterocycles. The summed E-state index contributed by atoms with van der Waals surface area (Å²) in [5.74, 6) is 0.192. The Labute approximate surface area is 108 Å². The van der Waals surface area contributed by atoms with E-state index in [2.05, 4.69) is 10.3 Å². The third-order valence-electron chi connectivity index (χ3n) is 3.86. The Morgan fingerprint density at radius 2 is 2.00 bits per heavy atom. The lowest BCUT2D eigenvalue weighted by atomic mass is 9.74. The molecule has 2 rings (SSSR count). The average molecular weight is 250 g/mol. The van der Waals surface area contributed by atoms with Crippen molar-refractivity contribution in [3.63, 3.8) is 0 Å². The number of hydrogen-bond acceptors (Lipinski definition) is 4. The molecule has 0 saturated heterocycles. The first kappa shape index (κ1) is 13.3. The van der Waals surface area contributed by atoms with E-state index in [4.69, 9.17) is 5.11 Å². The van der Waals surface area contributed by atoms with E-state index in [1.165, 1.54) is 25.5 Å². The predicted molar refractivity (Wildman–Crippen MR) is 70.2 cm³/mol. The molecule has 1 aliphatic carbocycles. The minimum atomic E-state index is 0.0647. The van der Waals surface area contributed by atoms with Crippen LogP contribution in [-0.2, 0) is 6.54 Å². The van der Waals surface area contributed by atoms with E-state index in [0.717, 1.165) is 25.1 Å². The van der Waals surface area contributed by atoms with Crippen LogP contribution in [0.25, 0.3) is 0 Å². The van der Waals surface area contributed by atoms with Gasteiger partial charge in [-0.2, -0.15) is 0 Å². The fourth-order valence-corrected chi connectivity index (χ4v) is 2.67. The second-order valence-corrected chi connectivity index (χ2v) is 5.33. The number of aromatic hydroxyl groups is 1. The molecule has 0 aromatic carbocycles. The number of aliphatic hydroxyl groups is 1. The number of aromatic nitrogens is 1. The van der Waals surface area contributed by atoms with Crippen molar-refractivity contribution in [3.8, 4) is 5.75 Å². The zero-order valence-electron chi connectivity index (χ0n) is 10.7. The quantitative estimate of drug-likeness (QED) is 0.746. The van der Waals surface area contributed by atoms with Gasteiger partial charge in [0.25, 0.3) is 0 Å². The zero-order valence-corrected chi connectivity index (χ0v) is 10.7. The monoisotopic (exact) mass is 250 g/mol. The summed E-state index contributed by atoms with van der Waals surface area (Å²) >= 11 is 0. The van der Waals surface area contributed by atoms with Gasteiger partial charge in [-0.05, 0) is 25.0 Å². The van der Waals surface area contributed by atoms with Gasteiger partial charge in [0.05, 0.1) is 11.9 Å². The normalized spacial score (nSPS) is 18.7. The molecule has 0 aliphatic heterocycles. The van der Waals surface area contributed by atoms with E-state index >= 15 is 0 Å². The first-order chi connectivity index (χ1) is 8.74. The topological polar surface area (TPSA) is 65.4 Å². The van der Waals surface area contributed by atoms with Crippen LogP contribution in [0.4, 0.5) is 0 Å². The molecule has 18 heavy (non-hydrogen) atoms. The van der Waals surface area contributed by atoms with Crippen molar-refractivity contribution in [1.29, 1.82) is 0 Å². The summed E-state index contributed by atoms with van der Waals surface area (Å²) in [4.78, 5) is 4.13. The van der Waals surface area contributed by atoms with E-state index in [9.17, 15) is 5.11 Å². The van der Waals surface area contributed by atoms with Crippen LogP contribution >= 0.6 is 0 Å². The smallest absolute Gasteiger partial charge is 0.133 e. The average Bonchev–Trinajstić information content (AvgIpc) is 2.42. The summed E-state index contributed by atoms with van der Waals surface area (Å²) in [5.41, 5.74) is 0.978. The van der Waals surface area contributed by atoms with Gasteiger partial charge in [-0.1, -0.05) is 19.3 Å². The van der Waals surface area contributed by atoms with Crippen molar-refractivity contribution in [2.45, 2.75) is 38.6 Å². The molecule has 3 N–H and O–H groups in total. The Morgan fingerprint density at radius 1 is 1.22 bits per heavy atom. The number of hydrogen-bond donors (Lipinski definition) is 3. The Kier molecular flexibility index (Phi) is 4.55. The van der Waals surface area contributed by atoms with E-state index in [1.54, 1.807) is 6.07 Å². The van der Waals surface area contributed by atoms with E-state index in [0.29, 0.717) is 6.54 Å². The highest BCUT2D eigenvalue weighted by atomic mass is 16.3. The van der Waals surface area contributed by atoms with Crippen LogP contribution in [0, 0.1) is 5.41 Å². The maximum atomic E-state index is 9.59. The van der Waals surface area contributed by atoms with Gasteiger partial charge < -0.3 is 15.5 Å². The van der Waals surface area contributed by atoms with Crippen molar-refractivity contribution in [1.82, 2.24) is 10.3 Å². The molecule has 1 fully saturated rings. The first-order valence-corrected chi connectivity index (χ1v) is 6.70. The highest BCUT2D eigenvalue weighted by Crippen LogP contribution is 2.35. The molecule has 1 aromatic rings. The second kappa shape index (κ2) is 6.16. The van der Waals surface area contributed by atoms with Crippen LogP contribution in [0.5, 0.6) is 5.75 Å². The van der Waals surface area contributed by atoms with Crippen LogP contribution < -0.4 is 5.32 Å². The van der Waals surface area contributed by atoms with E-state index in [1.807, 2.05) is 6.07 Å². The lowest BCUT2D eigenvalue weighted by Crippen LogP contribution is -2.38. The lowest BCUT2D eigenvalue weighted by molar-refractivity contribution is 0.0810. The third-order valence-corrected chi connectivity index (χ3v) is 3.86. The lowest BCUT2D eigenvalue weighted by Gasteiger charge is -2.35. The van der Waals surface area contributed by atoms with Gasteiger partial charge in [-0.25, -0.2) is 0 Å². The Bertz CT molecular complexity index is 359. The zero-order chi connectivity index (χ0) is 12.8. The number of nitrogens with one attached hydrogen (secondary N) is 1. The molecule has 4 nitrogen and oxygen atoms in total. The molecule has 1 aliphatic rings. The molecule has 1 saturated carbocycles. The Balaban J connectivity index is 1.81. The van der Waals surface area contributed by atoms with Gasteiger partial charge in [0.2, 0.25) is 0 Å². The Hall–Kier alpha value is -1.13. The van der Waals surface area contributed by atoms with Gasteiger partial charge in [-0.15, -0.1) is 0 Å². The molecule has 1 aromatic heterocycles. The van der Waals surface area contributed by atoms with E-state index < -0.39 is 0 Å². The van der Waals surface area contributed by atoms with Crippen LogP contribution in [0.15, 0.2) is 18.3 Å².